The van der Waals surface area contributed by atoms with Crippen LogP contribution in [-0.4, -0.2) is 17.6 Å². The molecule has 2 rings (SSSR count). The van der Waals surface area contributed by atoms with Gasteiger partial charge in [0.1, 0.15) is 5.75 Å². The van der Waals surface area contributed by atoms with Crippen LogP contribution >= 0.6 is 0 Å². The fourth-order valence-corrected chi connectivity index (χ4v) is 1.38. The van der Waals surface area contributed by atoms with E-state index in [-0.39, 0.29) is 0 Å². The first-order valence-corrected chi connectivity index (χ1v) is 5.19. The van der Waals surface area contributed by atoms with Crippen LogP contribution in [0.25, 0.3) is 0 Å². The Bertz CT molecular complexity index is 297. The first-order valence-electron chi connectivity index (χ1n) is 5.19. The second kappa shape index (κ2) is 4.42. The minimum atomic E-state index is 0.697. The molecule has 0 amide bonds. The van der Waals surface area contributed by atoms with Gasteiger partial charge in [-0.2, -0.15) is 0 Å². The Morgan fingerprint density at radius 1 is 1.57 bits per heavy atom. The van der Waals surface area contributed by atoms with Crippen molar-refractivity contribution >= 4 is 0 Å². The summed E-state index contributed by atoms with van der Waals surface area (Å²) in [6.45, 7) is 3.58. The number of rotatable bonds is 5. The number of nitrogens with zero attached hydrogens (tertiary/aromatic N) is 1. The van der Waals surface area contributed by atoms with E-state index in [1.807, 2.05) is 19.2 Å². The van der Waals surface area contributed by atoms with Crippen LogP contribution in [0, 0.1) is 0 Å². The van der Waals surface area contributed by atoms with Gasteiger partial charge in [0.15, 0.2) is 0 Å². The summed E-state index contributed by atoms with van der Waals surface area (Å²) >= 11 is 0. The number of aromatic nitrogens is 1. The van der Waals surface area contributed by atoms with Crippen molar-refractivity contribution in [3.8, 4) is 5.75 Å². The highest BCUT2D eigenvalue weighted by Crippen LogP contribution is 2.21. The molecular formula is C11H16N2O. The summed E-state index contributed by atoms with van der Waals surface area (Å²) in [4.78, 5) is 4.05. The van der Waals surface area contributed by atoms with E-state index in [4.69, 9.17) is 4.74 Å². The van der Waals surface area contributed by atoms with Gasteiger partial charge in [0.05, 0.1) is 12.8 Å². The number of nitrogens with one attached hydrogen (secondary N) is 1. The van der Waals surface area contributed by atoms with Gasteiger partial charge in [-0.3, -0.25) is 4.98 Å². The number of hydrogen-bond acceptors (Lipinski definition) is 3. The van der Waals surface area contributed by atoms with Crippen molar-refractivity contribution in [1.82, 2.24) is 10.3 Å². The third-order valence-corrected chi connectivity index (χ3v) is 2.33. The molecule has 0 aliphatic heterocycles. The largest absolute Gasteiger partial charge is 0.492 e. The molecule has 0 aromatic carbocycles. The zero-order valence-corrected chi connectivity index (χ0v) is 8.49. The molecule has 76 valence electrons. The summed E-state index contributed by atoms with van der Waals surface area (Å²) in [5, 5.41) is 3.46. The third kappa shape index (κ3) is 2.45. The van der Waals surface area contributed by atoms with Gasteiger partial charge in [-0.25, -0.2) is 0 Å². The van der Waals surface area contributed by atoms with Crippen LogP contribution in [0.1, 0.15) is 25.3 Å². The lowest BCUT2D eigenvalue weighted by molar-refractivity contribution is 0.334. The molecule has 14 heavy (non-hydrogen) atoms. The number of pyridine rings is 1. The molecule has 0 spiro atoms. The molecule has 0 radical (unpaired) electrons. The SMILES string of the molecule is CCOc1cnccc1CNC1CC1. The van der Waals surface area contributed by atoms with Crippen LogP contribution in [0.15, 0.2) is 18.5 Å². The molecule has 0 atom stereocenters. The smallest absolute Gasteiger partial charge is 0.142 e. The van der Waals surface area contributed by atoms with E-state index in [0.717, 1.165) is 18.3 Å². The van der Waals surface area contributed by atoms with E-state index in [1.165, 1.54) is 18.4 Å². The summed E-state index contributed by atoms with van der Waals surface area (Å²) in [6.07, 6.45) is 6.23. The summed E-state index contributed by atoms with van der Waals surface area (Å²) in [5.41, 5.74) is 1.20. The molecule has 1 aliphatic carbocycles. The molecule has 1 saturated carbocycles. The summed E-state index contributed by atoms with van der Waals surface area (Å²) < 4.78 is 5.49. The van der Waals surface area contributed by atoms with Gasteiger partial charge in [0.25, 0.3) is 0 Å². The topological polar surface area (TPSA) is 34.1 Å². The van der Waals surface area contributed by atoms with Crippen LogP contribution in [0.4, 0.5) is 0 Å². The fraction of sp³-hybridized carbons (Fsp3) is 0.545. The Labute approximate surface area is 84.5 Å². The maximum Gasteiger partial charge on any atom is 0.142 e. The molecule has 1 aromatic heterocycles. The van der Waals surface area contributed by atoms with Crippen LogP contribution in [0.2, 0.25) is 0 Å². The Balaban J connectivity index is 1.97. The monoisotopic (exact) mass is 192 g/mol. The second-order valence-electron chi connectivity index (χ2n) is 3.57. The highest BCUT2D eigenvalue weighted by Gasteiger charge is 2.20. The van der Waals surface area contributed by atoms with Crippen LogP contribution in [-0.2, 0) is 6.54 Å². The predicted octanol–water partition coefficient (Wildman–Crippen LogP) is 1.73. The van der Waals surface area contributed by atoms with Gasteiger partial charge in [0.2, 0.25) is 0 Å². The molecule has 0 unspecified atom stereocenters. The first-order chi connectivity index (χ1) is 6.90. The van der Waals surface area contributed by atoms with Gasteiger partial charge in [-0.05, 0) is 25.8 Å². The Hall–Kier alpha value is -1.09. The van der Waals surface area contributed by atoms with Gasteiger partial charge in [-0.15, -0.1) is 0 Å². The molecule has 1 fully saturated rings. The molecule has 1 N–H and O–H groups in total. The summed E-state index contributed by atoms with van der Waals surface area (Å²) in [7, 11) is 0. The zero-order chi connectivity index (χ0) is 9.80. The maximum atomic E-state index is 5.49. The molecule has 0 saturated heterocycles. The normalized spacial score (nSPS) is 15.5. The Morgan fingerprint density at radius 3 is 3.14 bits per heavy atom. The highest BCUT2D eigenvalue weighted by molar-refractivity contribution is 5.29. The van der Waals surface area contributed by atoms with Crippen LogP contribution in [0.3, 0.4) is 0 Å². The fourth-order valence-electron chi connectivity index (χ4n) is 1.38. The number of hydrogen-bond donors (Lipinski definition) is 1. The lowest BCUT2D eigenvalue weighted by Gasteiger charge is -2.09. The minimum absolute atomic E-state index is 0.697. The predicted molar refractivity (Wildman–Crippen MR) is 55.3 cm³/mol. The van der Waals surface area contributed by atoms with Gasteiger partial charge < -0.3 is 10.1 Å². The van der Waals surface area contributed by atoms with Gasteiger partial charge in [0, 0.05) is 24.3 Å². The Morgan fingerprint density at radius 2 is 2.43 bits per heavy atom. The Kier molecular flexibility index (Phi) is 2.99. The molecule has 1 aromatic rings. The van der Waals surface area contributed by atoms with Crippen molar-refractivity contribution in [2.75, 3.05) is 6.61 Å². The second-order valence-corrected chi connectivity index (χ2v) is 3.57. The van der Waals surface area contributed by atoms with Crippen molar-refractivity contribution in [1.29, 1.82) is 0 Å². The third-order valence-electron chi connectivity index (χ3n) is 2.33. The zero-order valence-electron chi connectivity index (χ0n) is 8.49. The molecular weight excluding hydrogens is 176 g/mol. The molecule has 3 nitrogen and oxygen atoms in total. The van der Waals surface area contributed by atoms with E-state index >= 15 is 0 Å². The van der Waals surface area contributed by atoms with Crippen molar-refractivity contribution in [3.05, 3.63) is 24.0 Å². The van der Waals surface area contributed by atoms with Gasteiger partial charge >= 0.3 is 0 Å². The standard InChI is InChI=1S/C11H16N2O/c1-2-14-11-8-12-6-5-9(11)7-13-10-3-4-10/h5-6,8,10,13H,2-4,7H2,1H3. The summed E-state index contributed by atoms with van der Waals surface area (Å²) in [6, 6.07) is 2.75. The van der Waals surface area contributed by atoms with E-state index < -0.39 is 0 Å². The highest BCUT2D eigenvalue weighted by atomic mass is 16.5. The molecule has 1 heterocycles. The quantitative estimate of drug-likeness (QED) is 0.771. The molecule has 3 heteroatoms. The van der Waals surface area contributed by atoms with Gasteiger partial charge in [-0.1, -0.05) is 0 Å². The van der Waals surface area contributed by atoms with Crippen molar-refractivity contribution in [3.63, 3.8) is 0 Å². The average Bonchev–Trinajstić information content (AvgIpc) is 3.01. The van der Waals surface area contributed by atoms with E-state index in [9.17, 15) is 0 Å². The molecule has 1 aliphatic rings. The minimum Gasteiger partial charge on any atom is -0.492 e. The van der Waals surface area contributed by atoms with E-state index in [2.05, 4.69) is 10.3 Å². The lowest BCUT2D eigenvalue weighted by atomic mass is 10.2. The first kappa shape index (κ1) is 9.46. The number of ether oxygens (including phenoxy) is 1. The lowest BCUT2D eigenvalue weighted by Crippen LogP contribution is -2.16. The maximum absolute atomic E-state index is 5.49. The van der Waals surface area contributed by atoms with Crippen molar-refractivity contribution in [2.45, 2.75) is 32.4 Å². The average molecular weight is 192 g/mol. The van der Waals surface area contributed by atoms with Crippen molar-refractivity contribution in [2.24, 2.45) is 0 Å². The van der Waals surface area contributed by atoms with E-state index in [1.54, 1.807) is 6.20 Å². The van der Waals surface area contributed by atoms with Crippen molar-refractivity contribution < 1.29 is 4.74 Å². The van der Waals surface area contributed by atoms with Crippen LogP contribution in [0.5, 0.6) is 5.75 Å². The summed E-state index contributed by atoms with van der Waals surface area (Å²) in [5.74, 6) is 0.906. The molecule has 0 bridgehead atoms. The van der Waals surface area contributed by atoms with E-state index in [0.29, 0.717) is 6.61 Å². The van der Waals surface area contributed by atoms with Crippen LogP contribution < -0.4 is 10.1 Å².